The SMILES string of the molecule is CC(C)(C)C1(C)C(C)(C)OC1(C)C. The quantitative estimate of drug-likeness (QED) is 0.558. The molecule has 13 heavy (non-hydrogen) atoms. The van der Waals surface area contributed by atoms with Crippen molar-refractivity contribution in [3.8, 4) is 0 Å². The molecule has 0 radical (unpaired) electrons. The average molecular weight is 184 g/mol. The molecule has 1 heteroatoms. The molecule has 0 aromatic rings. The molecule has 0 bridgehead atoms. The number of hydrogen-bond acceptors (Lipinski definition) is 1. The molecule has 1 nitrogen and oxygen atoms in total. The van der Waals surface area contributed by atoms with Crippen LogP contribution >= 0.6 is 0 Å². The minimum atomic E-state index is -0.00521. The lowest BCUT2D eigenvalue weighted by Gasteiger charge is -2.70. The van der Waals surface area contributed by atoms with E-state index in [4.69, 9.17) is 4.74 Å². The van der Waals surface area contributed by atoms with E-state index in [1.807, 2.05) is 0 Å². The molecule has 0 atom stereocenters. The molecular formula is C12H24O. The Bertz CT molecular complexity index is 187. The van der Waals surface area contributed by atoms with Gasteiger partial charge in [-0.2, -0.15) is 0 Å². The third-order valence-electron chi connectivity index (χ3n) is 4.42. The van der Waals surface area contributed by atoms with Gasteiger partial charge in [0.2, 0.25) is 0 Å². The molecule has 1 fully saturated rings. The van der Waals surface area contributed by atoms with Crippen LogP contribution < -0.4 is 0 Å². The van der Waals surface area contributed by atoms with Crippen molar-refractivity contribution in [3.05, 3.63) is 0 Å². The topological polar surface area (TPSA) is 9.23 Å². The molecule has 1 aliphatic rings. The predicted octanol–water partition coefficient (Wildman–Crippen LogP) is 3.63. The maximum atomic E-state index is 5.96. The zero-order chi connectivity index (χ0) is 10.7. The van der Waals surface area contributed by atoms with Gasteiger partial charge in [0, 0.05) is 5.41 Å². The van der Waals surface area contributed by atoms with Crippen molar-refractivity contribution in [1.29, 1.82) is 0 Å². The molecule has 0 aromatic heterocycles. The van der Waals surface area contributed by atoms with Crippen LogP contribution in [0, 0.1) is 10.8 Å². The van der Waals surface area contributed by atoms with Gasteiger partial charge >= 0.3 is 0 Å². The zero-order valence-electron chi connectivity index (χ0n) is 10.4. The van der Waals surface area contributed by atoms with Crippen molar-refractivity contribution < 1.29 is 4.74 Å². The van der Waals surface area contributed by atoms with E-state index in [2.05, 4.69) is 55.4 Å². The van der Waals surface area contributed by atoms with Gasteiger partial charge in [0.25, 0.3) is 0 Å². The lowest BCUT2D eigenvalue weighted by molar-refractivity contribution is -0.378. The molecule has 0 saturated carbocycles. The maximum Gasteiger partial charge on any atom is 0.0719 e. The molecule has 0 amide bonds. The molecule has 1 heterocycles. The fourth-order valence-corrected chi connectivity index (χ4v) is 3.33. The highest BCUT2D eigenvalue weighted by atomic mass is 16.6. The molecule has 1 aliphatic heterocycles. The van der Waals surface area contributed by atoms with E-state index in [0.29, 0.717) is 0 Å². The van der Waals surface area contributed by atoms with Crippen molar-refractivity contribution in [1.82, 2.24) is 0 Å². The molecule has 0 unspecified atom stereocenters. The summed E-state index contributed by atoms with van der Waals surface area (Å²) in [6.07, 6.45) is 0. The minimum Gasteiger partial charge on any atom is -0.368 e. The molecular weight excluding hydrogens is 160 g/mol. The van der Waals surface area contributed by atoms with E-state index in [1.165, 1.54) is 0 Å². The highest BCUT2D eigenvalue weighted by Gasteiger charge is 2.68. The Hall–Kier alpha value is -0.0400. The van der Waals surface area contributed by atoms with Crippen LogP contribution in [0.25, 0.3) is 0 Å². The van der Waals surface area contributed by atoms with Crippen molar-refractivity contribution in [3.63, 3.8) is 0 Å². The Morgan fingerprint density at radius 2 is 1.08 bits per heavy atom. The molecule has 1 saturated heterocycles. The van der Waals surface area contributed by atoms with Crippen molar-refractivity contribution >= 4 is 0 Å². The fraction of sp³-hybridized carbons (Fsp3) is 1.00. The van der Waals surface area contributed by atoms with Crippen LogP contribution in [0.1, 0.15) is 55.4 Å². The van der Waals surface area contributed by atoms with Crippen LogP contribution in [0.5, 0.6) is 0 Å². The lowest BCUT2D eigenvalue weighted by atomic mass is 9.48. The van der Waals surface area contributed by atoms with Crippen molar-refractivity contribution in [2.75, 3.05) is 0 Å². The van der Waals surface area contributed by atoms with Gasteiger partial charge in [-0.3, -0.25) is 0 Å². The summed E-state index contributed by atoms with van der Waals surface area (Å²) >= 11 is 0. The molecule has 0 aromatic carbocycles. The van der Waals surface area contributed by atoms with Crippen LogP contribution in [0.2, 0.25) is 0 Å². The third-order valence-corrected chi connectivity index (χ3v) is 4.42. The Morgan fingerprint density at radius 1 is 0.769 bits per heavy atom. The summed E-state index contributed by atoms with van der Waals surface area (Å²) in [5.41, 5.74) is 0.495. The van der Waals surface area contributed by atoms with E-state index in [0.717, 1.165) is 0 Å². The van der Waals surface area contributed by atoms with E-state index in [1.54, 1.807) is 0 Å². The highest BCUT2D eigenvalue weighted by Crippen LogP contribution is 2.64. The molecule has 0 spiro atoms. The summed E-state index contributed by atoms with van der Waals surface area (Å²) in [6.45, 7) is 18.0. The first-order valence-corrected chi connectivity index (χ1v) is 5.16. The molecule has 0 aliphatic carbocycles. The number of ether oxygens (including phenoxy) is 1. The monoisotopic (exact) mass is 184 g/mol. The second-order valence-electron chi connectivity index (χ2n) is 6.50. The maximum absolute atomic E-state index is 5.96. The first-order chi connectivity index (χ1) is 5.46. The first kappa shape index (κ1) is 11.0. The van der Waals surface area contributed by atoms with Crippen LogP contribution in [0.3, 0.4) is 0 Å². The van der Waals surface area contributed by atoms with Crippen molar-refractivity contribution in [2.24, 2.45) is 10.8 Å². The summed E-state index contributed by atoms with van der Waals surface area (Å²) in [5.74, 6) is 0. The van der Waals surface area contributed by atoms with Crippen LogP contribution in [0.4, 0.5) is 0 Å². The summed E-state index contributed by atoms with van der Waals surface area (Å²) in [5, 5.41) is 0. The predicted molar refractivity (Wildman–Crippen MR) is 56.8 cm³/mol. The molecule has 0 N–H and O–H groups in total. The van der Waals surface area contributed by atoms with Crippen LogP contribution in [-0.2, 0) is 4.74 Å². The molecule has 1 rings (SSSR count). The standard InChI is InChI=1S/C12H24O/c1-9(2,3)12(8)10(4,5)13-11(12,6)7/h1-8H3. The number of hydrogen-bond donors (Lipinski definition) is 0. The van der Waals surface area contributed by atoms with Gasteiger partial charge in [-0.1, -0.05) is 27.7 Å². The largest absolute Gasteiger partial charge is 0.368 e. The number of rotatable bonds is 0. The zero-order valence-corrected chi connectivity index (χ0v) is 10.4. The first-order valence-electron chi connectivity index (χ1n) is 5.16. The van der Waals surface area contributed by atoms with Crippen LogP contribution in [0.15, 0.2) is 0 Å². The van der Waals surface area contributed by atoms with Crippen LogP contribution in [-0.4, -0.2) is 11.2 Å². The smallest absolute Gasteiger partial charge is 0.0719 e. The van der Waals surface area contributed by atoms with Gasteiger partial charge in [-0.15, -0.1) is 0 Å². The second kappa shape index (κ2) is 2.31. The van der Waals surface area contributed by atoms with Gasteiger partial charge < -0.3 is 4.74 Å². The van der Waals surface area contributed by atoms with E-state index < -0.39 is 0 Å². The summed E-state index contributed by atoms with van der Waals surface area (Å²) in [7, 11) is 0. The average Bonchev–Trinajstić information content (AvgIpc) is 1.80. The normalized spacial score (nSPS) is 29.5. The van der Waals surface area contributed by atoms with Gasteiger partial charge in [0.05, 0.1) is 11.2 Å². The summed E-state index contributed by atoms with van der Waals surface area (Å²) in [6, 6.07) is 0. The second-order valence-corrected chi connectivity index (χ2v) is 6.50. The van der Waals surface area contributed by atoms with Gasteiger partial charge in [0.15, 0.2) is 0 Å². The lowest BCUT2D eigenvalue weighted by Crippen LogP contribution is -2.74. The van der Waals surface area contributed by atoms with Gasteiger partial charge in [-0.25, -0.2) is 0 Å². The third kappa shape index (κ3) is 1.09. The highest BCUT2D eigenvalue weighted by molar-refractivity contribution is 5.16. The Labute approximate surface area is 82.9 Å². The Balaban J connectivity index is 3.12. The Kier molecular flexibility index (Phi) is 1.96. The van der Waals surface area contributed by atoms with Gasteiger partial charge in [0.1, 0.15) is 0 Å². The van der Waals surface area contributed by atoms with E-state index in [9.17, 15) is 0 Å². The van der Waals surface area contributed by atoms with E-state index in [-0.39, 0.29) is 22.0 Å². The Morgan fingerprint density at radius 3 is 1.15 bits per heavy atom. The minimum absolute atomic E-state index is 0.00521. The summed E-state index contributed by atoms with van der Waals surface area (Å²) in [4.78, 5) is 0. The van der Waals surface area contributed by atoms with Crippen molar-refractivity contribution in [2.45, 2.75) is 66.6 Å². The van der Waals surface area contributed by atoms with Gasteiger partial charge in [-0.05, 0) is 33.1 Å². The van der Waals surface area contributed by atoms with E-state index >= 15 is 0 Å². The summed E-state index contributed by atoms with van der Waals surface area (Å²) < 4.78 is 5.96. The molecule has 78 valence electrons. The fourth-order valence-electron chi connectivity index (χ4n) is 3.33.